The highest BCUT2D eigenvalue weighted by molar-refractivity contribution is 6.63. The van der Waals surface area contributed by atoms with Crippen molar-refractivity contribution < 1.29 is 9.53 Å². The molecule has 1 rings (SSSR count). The summed E-state index contributed by atoms with van der Waals surface area (Å²) in [6.45, 7) is 15.6. The van der Waals surface area contributed by atoms with E-state index in [1.54, 1.807) is 0 Å². The summed E-state index contributed by atoms with van der Waals surface area (Å²) in [5, 5.41) is 0. The van der Waals surface area contributed by atoms with Crippen LogP contribution in [0.3, 0.4) is 0 Å². The third kappa shape index (κ3) is 3.10. The molecule has 0 N–H and O–H groups in total. The average molecular weight is 256 g/mol. The first-order valence-corrected chi connectivity index (χ1v) is 8.98. The van der Waals surface area contributed by atoms with Gasteiger partial charge in [0.05, 0.1) is 20.9 Å². The molecule has 0 saturated carbocycles. The highest BCUT2D eigenvalue weighted by Crippen LogP contribution is 2.40. The first kappa shape index (κ1) is 14.7. The van der Waals surface area contributed by atoms with Gasteiger partial charge in [-0.2, -0.15) is 0 Å². The predicted octanol–water partition coefficient (Wildman–Crippen LogP) is 2.75. The molecule has 2 unspecified atom stereocenters. The molecule has 3 nitrogen and oxygen atoms in total. The fraction of sp³-hybridized carbons (Fsp3) is 0.923. The Kier molecular flexibility index (Phi) is 4.41. The van der Waals surface area contributed by atoms with Gasteiger partial charge in [-0.1, -0.05) is 26.9 Å². The summed E-state index contributed by atoms with van der Waals surface area (Å²) < 4.78 is 5.95. The molecule has 99 valence electrons. The van der Waals surface area contributed by atoms with Crippen LogP contribution in [0.15, 0.2) is 0 Å². The third-order valence-corrected chi connectivity index (χ3v) is 4.76. The Morgan fingerprint density at radius 2 is 1.88 bits per heavy atom. The number of ether oxygens (including phenoxy) is 1. The minimum absolute atomic E-state index is 0.00814. The second-order valence-corrected chi connectivity index (χ2v) is 9.33. The van der Waals surface area contributed by atoms with Crippen LogP contribution in [0.5, 0.6) is 0 Å². The molecule has 1 saturated heterocycles. The Labute approximate surface area is 107 Å². The van der Waals surface area contributed by atoms with E-state index < -0.39 is 8.80 Å². The molecular weight excluding hydrogens is 230 g/mol. The monoisotopic (exact) mass is 256 g/mol. The molecular formula is C13H26NO2Si. The summed E-state index contributed by atoms with van der Waals surface area (Å²) in [6, 6.07) is 0. The minimum atomic E-state index is -0.629. The summed E-state index contributed by atoms with van der Waals surface area (Å²) >= 11 is 0. The molecule has 1 heterocycles. The van der Waals surface area contributed by atoms with Gasteiger partial charge in [-0.15, -0.1) is 0 Å². The quantitative estimate of drug-likeness (QED) is 0.572. The number of carbonyl (C=O) groups excluding carboxylic acids is 1. The van der Waals surface area contributed by atoms with Gasteiger partial charge in [0.2, 0.25) is 5.91 Å². The smallest absolute Gasteiger partial charge is 0.229 e. The van der Waals surface area contributed by atoms with E-state index in [1.165, 1.54) is 0 Å². The van der Waals surface area contributed by atoms with Crippen molar-refractivity contribution in [1.82, 2.24) is 4.90 Å². The lowest BCUT2D eigenvalue weighted by molar-refractivity contribution is -0.190. The topological polar surface area (TPSA) is 29.5 Å². The zero-order valence-electron chi connectivity index (χ0n) is 12.2. The van der Waals surface area contributed by atoms with E-state index in [0.717, 1.165) is 6.61 Å². The summed E-state index contributed by atoms with van der Waals surface area (Å²) in [7, 11) is -0.629. The Balaban J connectivity index is 2.75. The maximum atomic E-state index is 12.2. The SMILES string of the molecule is CC(C)COC1C([Si](C)C)C(=O)N1C(C)(C)C. The van der Waals surface area contributed by atoms with Gasteiger partial charge in [0.15, 0.2) is 0 Å². The number of amides is 1. The number of carbonyl (C=O) groups is 1. The fourth-order valence-corrected chi connectivity index (χ4v) is 3.62. The maximum Gasteiger partial charge on any atom is 0.229 e. The summed E-state index contributed by atoms with van der Waals surface area (Å²) in [5.74, 6) is 0.794. The lowest BCUT2D eigenvalue weighted by atomic mass is 9.98. The number of likely N-dealkylation sites (tertiary alicyclic amines) is 1. The van der Waals surface area contributed by atoms with Crippen LogP contribution < -0.4 is 0 Å². The number of rotatable bonds is 4. The zero-order valence-corrected chi connectivity index (χ0v) is 13.2. The number of hydrogen-bond acceptors (Lipinski definition) is 2. The van der Waals surface area contributed by atoms with Crippen molar-refractivity contribution in [1.29, 1.82) is 0 Å². The molecule has 4 heteroatoms. The second kappa shape index (κ2) is 5.10. The van der Waals surface area contributed by atoms with E-state index in [0.29, 0.717) is 5.92 Å². The molecule has 0 aliphatic carbocycles. The van der Waals surface area contributed by atoms with E-state index in [9.17, 15) is 4.79 Å². The van der Waals surface area contributed by atoms with Crippen LogP contribution in [0, 0.1) is 5.92 Å². The molecule has 1 aliphatic heterocycles. The highest BCUT2D eigenvalue weighted by Gasteiger charge is 2.53. The van der Waals surface area contributed by atoms with Crippen molar-refractivity contribution in [3.8, 4) is 0 Å². The number of β-lactam (4-membered cyclic amide) rings is 1. The summed E-state index contributed by atoms with van der Waals surface area (Å²) in [5.41, 5.74) is 0.00462. The van der Waals surface area contributed by atoms with E-state index >= 15 is 0 Å². The standard InChI is InChI=1S/C13H26NO2Si/c1-9(2)8-16-12-10(17(6)7)11(15)14(12)13(3,4)5/h9-10,12H,8H2,1-7H3. The molecule has 17 heavy (non-hydrogen) atoms. The second-order valence-electron chi connectivity index (χ2n) is 6.55. The van der Waals surface area contributed by atoms with Crippen molar-refractivity contribution in [2.75, 3.05) is 6.61 Å². The summed E-state index contributed by atoms with van der Waals surface area (Å²) in [4.78, 5) is 14.1. The van der Waals surface area contributed by atoms with Crippen LogP contribution in [0.25, 0.3) is 0 Å². The molecule has 1 radical (unpaired) electrons. The van der Waals surface area contributed by atoms with Crippen molar-refractivity contribution in [2.45, 2.75) is 65.0 Å². The number of hydrogen-bond donors (Lipinski definition) is 0. The van der Waals surface area contributed by atoms with Gasteiger partial charge in [0.25, 0.3) is 0 Å². The van der Waals surface area contributed by atoms with Gasteiger partial charge in [-0.05, 0) is 26.7 Å². The normalized spacial score (nSPS) is 25.7. The van der Waals surface area contributed by atoms with Crippen LogP contribution in [0.4, 0.5) is 0 Å². The Morgan fingerprint density at radius 3 is 2.24 bits per heavy atom. The van der Waals surface area contributed by atoms with Gasteiger partial charge in [0.1, 0.15) is 6.23 Å². The minimum Gasteiger partial charge on any atom is -0.357 e. The molecule has 0 aromatic carbocycles. The fourth-order valence-electron chi connectivity index (χ4n) is 2.17. The first-order valence-electron chi connectivity index (χ1n) is 6.41. The lowest BCUT2D eigenvalue weighted by Gasteiger charge is -2.54. The van der Waals surface area contributed by atoms with Gasteiger partial charge >= 0.3 is 0 Å². The third-order valence-electron chi connectivity index (χ3n) is 2.99. The molecule has 1 amide bonds. The predicted molar refractivity (Wildman–Crippen MR) is 72.4 cm³/mol. The van der Waals surface area contributed by atoms with Crippen LogP contribution in [0.2, 0.25) is 18.6 Å². The Hall–Kier alpha value is -0.353. The number of nitrogens with zero attached hydrogens (tertiary/aromatic N) is 1. The largest absolute Gasteiger partial charge is 0.357 e. The van der Waals surface area contributed by atoms with Gasteiger partial charge in [-0.25, -0.2) is 0 Å². The van der Waals surface area contributed by atoms with Crippen LogP contribution in [-0.4, -0.2) is 38.0 Å². The molecule has 0 spiro atoms. The highest BCUT2D eigenvalue weighted by atomic mass is 28.3. The van der Waals surface area contributed by atoms with Crippen molar-refractivity contribution in [3.05, 3.63) is 0 Å². The molecule has 2 atom stereocenters. The zero-order chi connectivity index (χ0) is 13.4. The van der Waals surface area contributed by atoms with Crippen LogP contribution in [0.1, 0.15) is 34.6 Å². The van der Waals surface area contributed by atoms with Gasteiger partial charge in [-0.3, -0.25) is 4.79 Å². The average Bonchev–Trinajstić information content (AvgIpc) is 2.07. The van der Waals surface area contributed by atoms with Gasteiger partial charge in [0, 0.05) is 5.54 Å². The van der Waals surface area contributed by atoms with Gasteiger partial charge < -0.3 is 9.64 Å². The van der Waals surface area contributed by atoms with Crippen molar-refractivity contribution in [2.24, 2.45) is 5.92 Å². The van der Waals surface area contributed by atoms with E-state index in [2.05, 4.69) is 47.7 Å². The van der Waals surface area contributed by atoms with Crippen LogP contribution in [-0.2, 0) is 9.53 Å². The molecule has 1 fully saturated rings. The lowest BCUT2D eigenvalue weighted by Crippen LogP contribution is -2.68. The Morgan fingerprint density at radius 1 is 1.35 bits per heavy atom. The first-order chi connectivity index (χ1) is 7.66. The maximum absolute atomic E-state index is 12.2. The van der Waals surface area contributed by atoms with Crippen molar-refractivity contribution >= 4 is 14.7 Å². The van der Waals surface area contributed by atoms with E-state index in [1.807, 2.05) is 4.90 Å². The van der Waals surface area contributed by atoms with E-state index in [-0.39, 0.29) is 23.2 Å². The summed E-state index contributed by atoms with van der Waals surface area (Å²) in [6.07, 6.45) is 0.00814. The molecule has 0 aromatic rings. The van der Waals surface area contributed by atoms with Crippen molar-refractivity contribution in [3.63, 3.8) is 0 Å². The van der Waals surface area contributed by atoms with Crippen LogP contribution >= 0.6 is 0 Å². The molecule has 1 aliphatic rings. The molecule has 0 aromatic heterocycles. The molecule has 0 bridgehead atoms. The van der Waals surface area contributed by atoms with E-state index in [4.69, 9.17) is 4.74 Å². The Bertz CT molecular complexity index is 284.